The highest BCUT2D eigenvalue weighted by Crippen LogP contribution is 2.28. The van der Waals surface area contributed by atoms with Crippen LogP contribution in [0, 0.1) is 0 Å². The van der Waals surface area contributed by atoms with Crippen LogP contribution >= 0.6 is 0 Å². The molecular formula is C20H26N4O3S. The number of rotatable bonds is 6. The zero-order valence-corrected chi connectivity index (χ0v) is 17.2. The van der Waals surface area contributed by atoms with Gasteiger partial charge in [0.2, 0.25) is 10.0 Å². The molecule has 1 fully saturated rings. The Morgan fingerprint density at radius 3 is 2.39 bits per heavy atom. The number of anilines is 1. The number of nitrogens with zero attached hydrogens (tertiary/aromatic N) is 3. The summed E-state index contributed by atoms with van der Waals surface area (Å²) in [4.78, 5) is 19.3. The number of hydrogen-bond acceptors (Lipinski definition) is 5. The second kappa shape index (κ2) is 8.28. The van der Waals surface area contributed by atoms with E-state index in [4.69, 9.17) is 0 Å². The number of aromatic nitrogens is 1. The summed E-state index contributed by atoms with van der Waals surface area (Å²) in [5, 5.41) is 2.98. The van der Waals surface area contributed by atoms with Crippen molar-refractivity contribution in [3.05, 3.63) is 53.9 Å². The summed E-state index contributed by atoms with van der Waals surface area (Å²) >= 11 is 0. The predicted molar refractivity (Wildman–Crippen MR) is 109 cm³/mol. The maximum Gasteiger partial charge on any atom is 0.253 e. The maximum atomic E-state index is 13.1. The van der Waals surface area contributed by atoms with Crippen LogP contribution in [-0.2, 0) is 10.0 Å². The fraction of sp³-hybridized carbons (Fsp3) is 0.400. The van der Waals surface area contributed by atoms with Gasteiger partial charge in [-0.2, -0.15) is 0 Å². The van der Waals surface area contributed by atoms with Crippen molar-refractivity contribution >= 4 is 21.6 Å². The van der Waals surface area contributed by atoms with E-state index in [9.17, 15) is 13.2 Å². The average Bonchev–Trinajstić information content (AvgIpc) is 3.22. The monoisotopic (exact) mass is 402 g/mol. The third-order valence-electron chi connectivity index (χ3n) is 4.99. The van der Waals surface area contributed by atoms with Crippen LogP contribution in [0.15, 0.2) is 47.6 Å². The van der Waals surface area contributed by atoms with Crippen molar-refractivity contribution in [3.8, 4) is 0 Å². The first kappa shape index (κ1) is 20.3. The lowest BCUT2D eigenvalue weighted by molar-refractivity contribution is 0.0940. The van der Waals surface area contributed by atoms with E-state index in [1.54, 1.807) is 24.5 Å². The highest BCUT2D eigenvalue weighted by molar-refractivity contribution is 7.89. The predicted octanol–water partition coefficient (Wildman–Crippen LogP) is 2.42. The van der Waals surface area contributed by atoms with E-state index in [1.165, 1.54) is 20.2 Å². The van der Waals surface area contributed by atoms with Crippen LogP contribution in [0.2, 0.25) is 0 Å². The molecule has 8 heteroatoms. The molecule has 3 rings (SSSR count). The summed E-state index contributed by atoms with van der Waals surface area (Å²) in [6.45, 7) is 3.61. The molecule has 7 nitrogen and oxygen atoms in total. The molecule has 0 radical (unpaired) electrons. The lowest BCUT2D eigenvalue weighted by Gasteiger charge is -2.23. The average molecular weight is 403 g/mol. The van der Waals surface area contributed by atoms with Gasteiger partial charge in [0.1, 0.15) is 0 Å². The van der Waals surface area contributed by atoms with E-state index >= 15 is 0 Å². The Bertz CT molecular complexity index is 939. The van der Waals surface area contributed by atoms with Crippen LogP contribution in [-0.4, -0.2) is 50.8 Å². The van der Waals surface area contributed by atoms with Crippen molar-refractivity contribution < 1.29 is 13.2 Å². The molecule has 1 N–H and O–H groups in total. The van der Waals surface area contributed by atoms with E-state index in [2.05, 4.69) is 15.2 Å². The fourth-order valence-corrected chi connectivity index (χ4v) is 4.24. The Labute approximate surface area is 166 Å². The fourth-order valence-electron chi connectivity index (χ4n) is 3.31. The molecule has 1 saturated heterocycles. The number of sulfonamides is 1. The number of carbonyl (C=O) groups is 1. The van der Waals surface area contributed by atoms with Gasteiger partial charge in [-0.15, -0.1) is 0 Å². The van der Waals surface area contributed by atoms with Gasteiger partial charge >= 0.3 is 0 Å². The molecule has 1 unspecified atom stereocenters. The molecule has 28 heavy (non-hydrogen) atoms. The molecular weight excluding hydrogens is 376 g/mol. The quantitative estimate of drug-likeness (QED) is 0.802. The van der Waals surface area contributed by atoms with Gasteiger partial charge in [-0.05, 0) is 55.7 Å². The first-order valence-electron chi connectivity index (χ1n) is 9.33. The first-order valence-corrected chi connectivity index (χ1v) is 10.8. The second-order valence-corrected chi connectivity index (χ2v) is 9.29. The van der Waals surface area contributed by atoms with E-state index in [-0.39, 0.29) is 16.8 Å². The van der Waals surface area contributed by atoms with E-state index in [1.807, 2.05) is 19.1 Å². The molecule has 1 aromatic heterocycles. The van der Waals surface area contributed by atoms with E-state index in [0.717, 1.165) is 41.5 Å². The summed E-state index contributed by atoms with van der Waals surface area (Å²) < 4.78 is 26.3. The Kier molecular flexibility index (Phi) is 6.00. The SMILES string of the molecule is CC(NC(=O)c1cc(S(=O)(=O)N(C)C)ccc1N1CCCC1)c1ccncc1. The number of nitrogens with one attached hydrogen (secondary N) is 1. The molecule has 1 amide bonds. The summed E-state index contributed by atoms with van der Waals surface area (Å²) in [5.74, 6) is -0.290. The third kappa shape index (κ3) is 4.18. The molecule has 1 aliphatic rings. The summed E-state index contributed by atoms with van der Waals surface area (Å²) in [6.07, 6.45) is 5.48. The van der Waals surface area contributed by atoms with E-state index < -0.39 is 10.0 Å². The van der Waals surface area contributed by atoms with Crippen molar-refractivity contribution in [1.29, 1.82) is 0 Å². The summed E-state index contributed by atoms with van der Waals surface area (Å²) in [6, 6.07) is 8.27. The maximum absolute atomic E-state index is 13.1. The first-order chi connectivity index (χ1) is 13.3. The molecule has 1 aromatic carbocycles. The van der Waals surface area contributed by atoms with Gasteiger partial charge in [-0.1, -0.05) is 0 Å². The molecule has 2 aromatic rings. The van der Waals surface area contributed by atoms with Gasteiger partial charge in [-0.25, -0.2) is 12.7 Å². The number of pyridine rings is 1. The van der Waals surface area contributed by atoms with Gasteiger partial charge in [0.15, 0.2) is 0 Å². The minimum atomic E-state index is -3.63. The van der Waals surface area contributed by atoms with E-state index in [0.29, 0.717) is 5.56 Å². The van der Waals surface area contributed by atoms with Crippen molar-refractivity contribution in [2.75, 3.05) is 32.1 Å². The Balaban J connectivity index is 1.96. The third-order valence-corrected chi connectivity index (χ3v) is 6.80. The lowest BCUT2D eigenvalue weighted by Crippen LogP contribution is -2.30. The van der Waals surface area contributed by atoms with Gasteiger partial charge < -0.3 is 10.2 Å². The highest BCUT2D eigenvalue weighted by Gasteiger charge is 2.25. The van der Waals surface area contributed by atoms with Gasteiger partial charge in [0, 0.05) is 45.3 Å². The Hall–Kier alpha value is -2.45. The molecule has 2 heterocycles. The zero-order valence-electron chi connectivity index (χ0n) is 16.4. The van der Waals surface area contributed by atoms with Gasteiger partial charge in [-0.3, -0.25) is 9.78 Å². The minimum absolute atomic E-state index is 0.113. The topological polar surface area (TPSA) is 82.6 Å². The number of hydrogen-bond donors (Lipinski definition) is 1. The second-order valence-electron chi connectivity index (χ2n) is 7.14. The van der Waals surface area contributed by atoms with Crippen LogP contribution in [0.1, 0.15) is 41.7 Å². The smallest absolute Gasteiger partial charge is 0.253 e. The van der Waals surface area contributed by atoms with Crippen LogP contribution in [0.3, 0.4) is 0 Å². The van der Waals surface area contributed by atoms with Crippen LogP contribution in [0.5, 0.6) is 0 Å². The van der Waals surface area contributed by atoms with Crippen LogP contribution in [0.25, 0.3) is 0 Å². The molecule has 0 bridgehead atoms. The standard InChI is InChI=1S/C20H26N4O3S/c1-15(16-8-10-21-11-9-16)22-20(25)18-14-17(28(26,27)23(2)3)6-7-19(18)24-12-4-5-13-24/h6-11,14-15H,4-5,12-13H2,1-3H3,(H,22,25). The summed E-state index contributed by atoms with van der Waals surface area (Å²) in [5.41, 5.74) is 2.09. The normalized spacial score (nSPS) is 15.6. The molecule has 150 valence electrons. The van der Waals surface area contributed by atoms with Crippen LogP contribution in [0.4, 0.5) is 5.69 Å². The minimum Gasteiger partial charge on any atom is -0.371 e. The van der Waals surface area contributed by atoms with Crippen LogP contribution < -0.4 is 10.2 Å². The largest absolute Gasteiger partial charge is 0.371 e. The molecule has 1 atom stereocenters. The van der Waals surface area contributed by atoms with Crippen molar-refractivity contribution in [3.63, 3.8) is 0 Å². The van der Waals surface area contributed by atoms with Gasteiger partial charge in [0.05, 0.1) is 16.5 Å². The Morgan fingerprint density at radius 1 is 1.14 bits per heavy atom. The van der Waals surface area contributed by atoms with Crippen molar-refractivity contribution in [1.82, 2.24) is 14.6 Å². The highest BCUT2D eigenvalue weighted by atomic mass is 32.2. The molecule has 0 spiro atoms. The van der Waals surface area contributed by atoms with Gasteiger partial charge in [0.25, 0.3) is 5.91 Å². The molecule has 0 saturated carbocycles. The lowest BCUT2D eigenvalue weighted by atomic mass is 10.1. The Morgan fingerprint density at radius 2 is 1.79 bits per heavy atom. The molecule has 1 aliphatic heterocycles. The number of amides is 1. The van der Waals surface area contributed by atoms with Crippen molar-refractivity contribution in [2.45, 2.75) is 30.7 Å². The number of benzene rings is 1. The zero-order chi connectivity index (χ0) is 20.3. The summed E-state index contributed by atoms with van der Waals surface area (Å²) in [7, 11) is -0.665. The van der Waals surface area contributed by atoms with Crippen molar-refractivity contribution in [2.24, 2.45) is 0 Å². The number of carbonyl (C=O) groups excluding carboxylic acids is 1. The molecule has 0 aliphatic carbocycles.